The molecule has 2 aromatic rings. The highest BCUT2D eigenvalue weighted by Gasteiger charge is 2.33. The number of hydrogen-bond acceptors (Lipinski definition) is 6. The Morgan fingerprint density at radius 3 is 2.69 bits per heavy atom. The van der Waals surface area contributed by atoms with E-state index in [0.29, 0.717) is 27.2 Å². The Bertz CT molecular complexity index is 948. The Morgan fingerprint density at radius 1 is 1.24 bits per heavy atom. The van der Waals surface area contributed by atoms with E-state index < -0.39 is 12.1 Å². The fourth-order valence-electron chi connectivity index (χ4n) is 2.85. The molecule has 0 saturated heterocycles. The van der Waals surface area contributed by atoms with Gasteiger partial charge in [0, 0.05) is 7.05 Å². The maximum absolute atomic E-state index is 12.8. The number of likely N-dealkylation sites (N-methyl/N-ethyl adjacent to an activating group) is 1. The molecule has 29 heavy (non-hydrogen) atoms. The molecule has 1 heterocycles. The number of carbonyl (C=O) groups is 3. The van der Waals surface area contributed by atoms with Crippen molar-refractivity contribution in [3.8, 4) is 11.5 Å². The van der Waals surface area contributed by atoms with E-state index in [1.807, 2.05) is 0 Å². The van der Waals surface area contributed by atoms with E-state index in [9.17, 15) is 14.4 Å². The predicted octanol–water partition coefficient (Wildman–Crippen LogP) is 2.15. The molecule has 0 fully saturated rings. The monoisotopic (exact) mass is 462 g/mol. The van der Waals surface area contributed by atoms with Crippen molar-refractivity contribution in [2.24, 2.45) is 0 Å². The van der Waals surface area contributed by atoms with Crippen LogP contribution in [0.2, 0.25) is 0 Å². The summed E-state index contributed by atoms with van der Waals surface area (Å²) in [7, 11) is 2.81. The number of methoxy groups -OCH3 is 1. The number of para-hydroxylation sites is 2. The molecule has 1 aliphatic rings. The van der Waals surface area contributed by atoms with Gasteiger partial charge in [0.2, 0.25) is 0 Å². The molecule has 0 saturated carbocycles. The fraction of sp³-hybridized carbons (Fsp3) is 0.250. The zero-order valence-corrected chi connectivity index (χ0v) is 17.4. The molecule has 3 rings (SSSR count). The lowest BCUT2D eigenvalue weighted by atomic mass is 10.1. The lowest BCUT2D eigenvalue weighted by Gasteiger charge is -2.33. The van der Waals surface area contributed by atoms with Crippen LogP contribution in [0.25, 0.3) is 0 Å². The maximum atomic E-state index is 12.8. The highest BCUT2D eigenvalue weighted by molar-refractivity contribution is 9.10. The molecule has 0 aromatic heterocycles. The first-order valence-electron chi connectivity index (χ1n) is 8.73. The fourth-order valence-corrected chi connectivity index (χ4v) is 3.34. The Morgan fingerprint density at radius 2 is 2.00 bits per heavy atom. The van der Waals surface area contributed by atoms with Crippen molar-refractivity contribution in [2.45, 2.75) is 6.10 Å². The van der Waals surface area contributed by atoms with Crippen molar-refractivity contribution < 1.29 is 28.6 Å². The number of benzene rings is 2. The molecule has 8 nitrogen and oxygen atoms in total. The standard InChI is InChI=1S/C20H19BrN2O6/c1-22-19(25)17-10-23(14-5-3-4-6-16(14)29-17)18(24)11-28-15-8-7-12(9-13(15)21)20(26)27-2/h3-9,17H,10-11H2,1-2H3,(H,22,25). The van der Waals surface area contributed by atoms with Crippen LogP contribution in [0, 0.1) is 0 Å². The molecule has 9 heteroatoms. The summed E-state index contributed by atoms with van der Waals surface area (Å²) in [6, 6.07) is 11.7. The second-order valence-electron chi connectivity index (χ2n) is 6.12. The van der Waals surface area contributed by atoms with Crippen LogP contribution in [0.5, 0.6) is 11.5 Å². The Hall–Kier alpha value is -3.07. The first kappa shape index (κ1) is 20.7. The first-order valence-corrected chi connectivity index (χ1v) is 9.52. The molecule has 0 spiro atoms. The molecular weight excluding hydrogens is 444 g/mol. The van der Waals surface area contributed by atoms with Gasteiger partial charge in [-0.1, -0.05) is 12.1 Å². The molecule has 1 aliphatic heterocycles. The predicted molar refractivity (Wildman–Crippen MR) is 108 cm³/mol. The summed E-state index contributed by atoms with van der Waals surface area (Å²) in [5.74, 6) is -0.281. The first-order chi connectivity index (χ1) is 13.9. The number of nitrogens with zero attached hydrogens (tertiary/aromatic N) is 1. The van der Waals surface area contributed by atoms with Gasteiger partial charge in [-0.05, 0) is 46.3 Å². The molecule has 2 aromatic carbocycles. The normalized spacial score (nSPS) is 15.0. The zero-order chi connectivity index (χ0) is 21.0. The number of halogens is 1. The van der Waals surface area contributed by atoms with E-state index in [1.165, 1.54) is 19.1 Å². The third kappa shape index (κ3) is 4.51. The van der Waals surface area contributed by atoms with E-state index in [1.54, 1.807) is 42.5 Å². The van der Waals surface area contributed by atoms with Crippen LogP contribution in [-0.4, -0.2) is 51.2 Å². The number of ether oxygens (including phenoxy) is 3. The molecule has 0 aliphatic carbocycles. The second kappa shape index (κ2) is 8.95. The highest BCUT2D eigenvalue weighted by Crippen LogP contribution is 2.33. The van der Waals surface area contributed by atoms with E-state index in [4.69, 9.17) is 9.47 Å². The minimum absolute atomic E-state index is 0.0708. The molecule has 2 amide bonds. The smallest absolute Gasteiger partial charge is 0.337 e. The van der Waals surface area contributed by atoms with Gasteiger partial charge in [-0.15, -0.1) is 0 Å². The van der Waals surface area contributed by atoms with E-state index >= 15 is 0 Å². The number of fused-ring (bicyclic) bond motifs is 1. The number of hydrogen-bond donors (Lipinski definition) is 1. The van der Waals surface area contributed by atoms with Gasteiger partial charge in [-0.2, -0.15) is 0 Å². The number of nitrogens with one attached hydrogen (secondary N) is 1. The highest BCUT2D eigenvalue weighted by atomic mass is 79.9. The Labute approximate surface area is 175 Å². The lowest BCUT2D eigenvalue weighted by Crippen LogP contribution is -2.51. The molecular formula is C20H19BrN2O6. The van der Waals surface area contributed by atoms with Gasteiger partial charge in [0.1, 0.15) is 11.5 Å². The number of carbonyl (C=O) groups excluding carboxylic acids is 3. The summed E-state index contributed by atoms with van der Waals surface area (Å²) >= 11 is 3.32. The van der Waals surface area contributed by atoms with Crippen molar-refractivity contribution >= 4 is 39.4 Å². The topological polar surface area (TPSA) is 94.2 Å². The van der Waals surface area contributed by atoms with E-state index in [0.717, 1.165) is 0 Å². The zero-order valence-electron chi connectivity index (χ0n) is 15.8. The number of anilines is 1. The van der Waals surface area contributed by atoms with Crippen LogP contribution in [0.15, 0.2) is 46.9 Å². The average molecular weight is 463 g/mol. The van der Waals surface area contributed by atoms with Gasteiger partial charge < -0.3 is 24.4 Å². The van der Waals surface area contributed by atoms with Crippen molar-refractivity contribution in [3.63, 3.8) is 0 Å². The van der Waals surface area contributed by atoms with Crippen LogP contribution < -0.4 is 19.7 Å². The van der Waals surface area contributed by atoms with Crippen molar-refractivity contribution in [1.29, 1.82) is 0 Å². The van der Waals surface area contributed by atoms with Gasteiger partial charge in [0.25, 0.3) is 11.8 Å². The van der Waals surface area contributed by atoms with Gasteiger partial charge in [-0.3, -0.25) is 9.59 Å². The minimum Gasteiger partial charge on any atom is -0.483 e. The largest absolute Gasteiger partial charge is 0.483 e. The molecule has 152 valence electrons. The SMILES string of the molecule is CNC(=O)C1CN(C(=O)COc2ccc(C(=O)OC)cc2Br)c2ccccc2O1. The van der Waals surface area contributed by atoms with Crippen molar-refractivity contribution in [3.05, 3.63) is 52.5 Å². The Balaban J connectivity index is 1.75. The second-order valence-corrected chi connectivity index (χ2v) is 6.97. The number of rotatable bonds is 5. The van der Waals surface area contributed by atoms with Crippen LogP contribution in [0.1, 0.15) is 10.4 Å². The van der Waals surface area contributed by atoms with Crippen molar-refractivity contribution in [2.75, 3.05) is 32.2 Å². The summed E-state index contributed by atoms with van der Waals surface area (Å²) in [4.78, 5) is 37.9. The average Bonchev–Trinajstić information content (AvgIpc) is 2.75. The maximum Gasteiger partial charge on any atom is 0.337 e. The van der Waals surface area contributed by atoms with E-state index in [2.05, 4.69) is 26.0 Å². The quantitative estimate of drug-likeness (QED) is 0.684. The molecule has 0 radical (unpaired) electrons. The third-order valence-corrected chi connectivity index (χ3v) is 4.94. The lowest BCUT2D eigenvalue weighted by molar-refractivity contribution is -0.128. The number of amides is 2. The summed E-state index contributed by atoms with van der Waals surface area (Å²) < 4.78 is 16.5. The third-order valence-electron chi connectivity index (χ3n) is 4.32. The molecule has 1 N–H and O–H groups in total. The summed E-state index contributed by atoms with van der Waals surface area (Å²) in [6.07, 6.45) is -0.815. The van der Waals surface area contributed by atoms with Crippen LogP contribution in [0.3, 0.4) is 0 Å². The Kier molecular flexibility index (Phi) is 6.38. The van der Waals surface area contributed by atoms with E-state index in [-0.39, 0.29) is 25.0 Å². The van der Waals surface area contributed by atoms with Gasteiger partial charge in [-0.25, -0.2) is 4.79 Å². The van der Waals surface area contributed by atoms with Crippen LogP contribution >= 0.6 is 15.9 Å². The van der Waals surface area contributed by atoms with Gasteiger partial charge in [0.15, 0.2) is 12.7 Å². The van der Waals surface area contributed by atoms with Crippen molar-refractivity contribution in [1.82, 2.24) is 5.32 Å². The van der Waals surface area contributed by atoms with Crippen LogP contribution in [-0.2, 0) is 14.3 Å². The van der Waals surface area contributed by atoms with Gasteiger partial charge >= 0.3 is 5.97 Å². The van der Waals surface area contributed by atoms with Crippen LogP contribution in [0.4, 0.5) is 5.69 Å². The molecule has 0 bridgehead atoms. The summed E-state index contributed by atoms with van der Waals surface area (Å²) in [5.41, 5.74) is 0.926. The molecule has 1 atom stereocenters. The number of esters is 1. The summed E-state index contributed by atoms with van der Waals surface area (Å²) in [6.45, 7) is -0.188. The van der Waals surface area contributed by atoms with Gasteiger partial charge in [0.05, 0.1) is 29.4 Å². The summed E-state index contributed by atoms with van der Waals surface area (Å²) in [5, 5.41) is 2.53. The molecule has 1 unspecified atom stereocenters. The minimum atomic E-state index is -0.815.